The molecule has 92 valence electrons. The first-order valence-electron chi connectivity index (χ1n) is 6.18. The Kier molecular flexibility index (Phi) is 1.84. The standard InChI is InChI=1S/C14H13NO3/c16-11-5-7-14-8-6-12(17)15(14)10-4-2-1-3-9(10)13(11)18-14/h1-5,7,11,13,16H,6,8H2. The van der Waals surface area contributed by atoms with Gasteiger partial charge in [-0.3, -0.25) is 9.69 Å². The number of aliphatic hydroxyl groups is 1. The molecule has 0 radical (unpaired) electrons. The number of rotatable bonds is 0. The molecular weight excluding hydrogens is 230 g/mol. The predicted octanol–water partition coefficient (Wildman–Crippen LogP) is 1.51. The van der Waals surface area contributed by atoms with E-state index in [1.807, 2.05) is 30.3 Å². The molecule has 3 atom stereocenters. The van der Waals surface area contributed by atoms with E-state index >= 15 is 0 Å². The third-order valence-corrected chi connectivity index (χ3v) is 4.00. The molecule has 18 heavy (non-hydrogen) atoms. The summed E-state index contributed by atoms with van der Waals surface area (Å²) in [6, 6.07) is 7.66. The van der Waals surface area contributed by atoms with Crippen molar-refractivity contribution >= 4 is 11.6 Å². The summed E-state index contributed by atoms with van der Waals surface area (Å²) in [6.07, 6.45) is 3.70. The molecule has 1 aromatic carbocycles. The maximum atomic E-state index is 12.1. The van der Waals surface area contributed by atoms with Crippen molar-refractivity contribution in [1.82, 2.24) is 0 Å². The zero-order valence-electron chi connectivity index (χ0n) is 9.74. The summed E-state index contributed by atoms with van der Waals surface area (Å²) in [5.41, 5.74) is 1.09. The summed E-state index contributed by atoms with van der Waals surface area (Å²) in [6.45, 7) is 0. The number of amides is 1. The minimum absolute atomic E-state index is 0.0851. The molecule has 2 bridgehead atoms. The average Bonchev–Trinajstić information content (AvgIpc) is 2.72. The van der Waals surface area contributed by atoms with Crippen LogP contribution in [0.5, 0.6) is 0 Å². The molecule has 4 heteroatoms. The lowest BCUT2D eigenvalue weighted by Crippen LogP contribution is -2.54. The molecule has 4 nitrogen and oxygen atoms in total. The number of carbonyl (C=O) groups is 1. The summed E-state index contributed by atoms with van der Waals surface area (Å²) in [5, 5.41) is 10.0. The molecule has 1 amide bonds. The number of hydrogen-bond acceptors (Lipinski definition) is 3. The summed E-state index contributed by atoms with van der Waals surface area (Å²) in [5.74, 6) is 0.0851. The molecular formula is C14H13NO3. The Morgan fingerprint density at radius 2 is 2.22 bits per heavy atom. The van der Waals surface area contributed by atoms with Crippen molar-refractivity contribution in [3.8, 4) is 0 Å². The van der Waals surface area contributed by atoms with E-state index in [0.717, 1.165) is 11.3 Å². The van der Waals surface area contributed by atoms with Crippen LogP contribution in [-0.4, -0.2) is 22.8 Å². The van der Waals surface area contributed by atoms with Gasteiger partial charge in [-0.25, -0.2) is 0 Å². The molecule has 1 N–H and O–H groups in total. The lowest BCUT2D eigenvalue weighted by Gasteiger charge is -2.48. The number of aliphatic hydroxyl groups excluding tert-OH is 1. The maximum absolute atomic E-state index is 12.1. The second kappa shape index (κ2) is 3.22. The number of para-hydroxylation sites is 1. The number of nitrogens with zero attached hydrogens (tertiary/aromatic N) is 1. The van der Waals surface area contributed by atoms with Gasteiger partial charge in [0.2, 0.25) is 5.91 Å². The van der Waals surface area contributed by atoms with Crippen LogP contribution >= 0.6 is 0 Å². The van der Waals surface area contributed by atoms with Crippen LogP contribution in [0.4, 0.5) is 5.69 Å². The summed E-state index contributed by atoms with van der Waals surface area (Å²) in [4.78, 5) is 13.8. The van der Waals surface area contributed by atoms with E-state index in [0.29, 0.717) is 12.8 Å². The van der Waals surface area contributed by atoms with Gasteiger partial charge in [-0.2, -0.15) is 0 Å². The fraction of sp³-hybridized carbons (Fsp3) is 0.357. The van der Waals surface area contributed by atoms with Crippen molar-refractivity contribution in [2.45, 2.75) is 30.8 Å². The molecule has 0 aromatic heterocycles. The fourth-order valence-corrected chi connectivity index (χ4v) is 3.19. The monoisotopic (exact) mass is 243 g/mol. The molecule has 3 heterocycles. The number of ether oxygens (including phenoxy) is 1. The van der Waals surface area contributed by atoms with Gasteiger partial charge in [-0.1, -0.05) is 24.3 Å². The Bertz CT molecular complexity index is 568. The lowest BCUT2D eigenvalue weighted by atomic mass is 9.92. The zero-order chi connectivity index (χ0) is 12.3. The van der Waals surface area contributed by atoms with Gasteiger partial charge < -0.3 is 9.84 Å². The van der Waals surface area contributed by atoms with Crippen LogP contribution in [0.2, 0.25) is 0 Å². The molecule has 1 saturated heterocycles. The van der Waals surface area contributed by atoms with Crippen molar-refractivity contribution in [3.05, 3.63) is 42.0 Å². The Morgan fingerprint density at radius 1 is 1.39 bits per heavy atom. The normalized spacial score (nSPS) is 36.5. The highest BCUT2D eigenvalue weighted by molar-refractivity contribution is 5.99. The van der Waals surface area contributed by atoms with Crippen LogP contribution in [0.15, 0.2) is 36.4 Å². The van der Waals surface area contributed by atoms with Gasteiger partial charge in [0.05, 0.1) is 5.69 Å². The average molecular weight is 243 g/mol. The zero-order valence-corrected chi connectivity index (χ0v) is 9.74. The van der Waals surface area contributed by atoms with E-state index in [4.69, 9.17) is 4.74 Å². The molecule has 4 rings (SSSR count). The molecule has 0 aliphatic carbocycles. The molecule has 3 aliphatic heterocycles. The van der Waals surface area contributed by atoms with Crippen molar-refractivity contribution in [1.29, 1.82) is 0 Å². The van der Waals surface area contributed by atoms with Gasteiger partial charge in [0, 0.05) is 18.4 Å². The van der Waals surface area contributed by atoms with E-state index in [2.05, 4.69) is 0 Å². The van der Waals surface area contributed by atoms with Crippen LogP contribution in [-0.2, 0) is 9.53 Å². The fourth-order valence-electron chi connectivity index (χ4n) is 3.19. The van der Waals surface area contributed by atoms with Gasteiger partial charge in [0.25, 0.3) is 0 Å². The second-order valence-corrected chi connectivity index (χ2v) is 5.02. The van der Waals surface area contributed by atoms with Gasteiger partial charge >= 0.3 is 0 Å². The Hall–Kier alpha value is -1.65. The molecule has 0 saturated carbocycles. The van der Waals surface area contributed by atoms with Crippen LogP contribution in [0.25, 0.3) is 0 Å². The Labute approximate surface area is 104 Å². The Balaban J connectivity index is 1.99. The van der Waals surface area contributed by atoms with Gasteiger partial charge in [0.15, 0.2) is 5.72 Å². The lowest BCUT2D eigenvalue weighted by molar-refractivity contribution is -0.130. The van der Waals surface area contributed by atoms with Crippen molar-refractivity contribution in [2.24, 2.45) is 0 Å². The van der Waals surface area contributed by atoms with Gasteiger partial charge in [0.1, 0.15) is 12.2 Å². The largest absolute Gasteiger partial charge is 0.386 e. The quantitative estimate of drug-likeness (QED) is 0.703. The molecule has 3 unspecified atom stereocenters. The summed E-state index contributed by atoms with van der Waals surface area (Å²) >= 11 is 0. The number of benzene rings is 1. The van der Waals surface area contributed by atoms with Gasteiger partial charge in [-0.05, 0) is 12.1 Å². The molecule has 3 aliphatic rings. The third-order valence-electron chi connectivity index (χ3n) is 4.00. The van der Waals surface area contributed by atoms with Crippen molar-refractivity contribution in [3.63, 3.8) is 0 Å². The molecule has 1 spiro atoms. The first-order chi connectivity index (χ1) is 8.71. The second-order valence-electron chi connectivity index (χ2n) is 5.02. The van der Waals surface area contributed by atoms with Crippen molar-refractivity contribution in [2.75, 3.05) is 4.90 Å². The molecule has 1 fully saturated rings. The summed E-state index contributed by atoms with van der Waals surface area (Å²) in [7, 11) is 0. The first kappa shape index (κ1) is 10.3. The van der Waals surface area contributed by atoms with Crippen LogP contribution < -0.4 is 4.90 Å². The number of carbonyl (C=O) groups excluding carboxylic acids is 1. The minimum Gasteiger partial charge on any atom is -0.386 e. The third kappa shape index (κ3) is 1.09. The highest BCUT2D eigenvalue weighted by Crippen LogP contribution is 2.50. The van der Waals surface area contributed by atoms with E-state index in [1.165, 1.54) is 0 Å². The minimum atomic E-state index is -0.671. The highest BCUT2D eigenvalue weighted by atomic mass is 16.5. The first-order valence-corrected chi connectivity index (χ1v) is 6.18. The number of fused-ring (bicyclic) bond motifs is 4. The predicted molar refractivity (Wildman–Crippen MR) is 64.9 cm³/mol. The highest BCUT2D eigenvalue weighted by Gasteiger charge is 2.54. The molecule has 1 aromatic rings. The topological polar surface area (TPSA) is 49.8 Å². The maximum Gasteiger partial charge on any atom is 0.229 e. The Morgan fingerprint density at radius 3 is 3.11 bits per heavy atom. The van der Waals surface area contributed by atoms with Gasteiger partial charge in [-0.15, -0.1) is 0 Å². The smallest absolute Gasteiger partial charge is 0.229 e. The van der Waals surface area contributed by atoms with E-state index in [1.54, 1.807) is 11.0 Å². The SMILES string of the molecule is O=C1CCC23C=CC(O)C(O2)c2ccccc2N13. The van der Waals surface area contributed by atoms with Crippen molar-refractivity contribution < 1.29 is 14.6 Å². The number of anilines is 1. The van der Waals surface area contributed by atoms with E-state index in [-0.39, 0.29) is 12.0 Å². The van der Waals surface area contributed by atoms with Crippen LogP contribution in [0.3, 0.4) is 0 Å². The van der Waals surface area contributed by atoms with Crippen LogP contribution in [0, 0.1) is 0 Å². The van der Waals surface area contributed by atoms with E-state index in [9.17, 15) is 9.90 Å². The summed E-state index contributed by atoms with van der Waals surface area (Å²) < 4.78 is 6.01. The van der Waals surface area contributed by atoms with Crippen LogP contribution in [0.1, 0.15) is 24.5 Å². The number of hydrogen-bond donors (Lipinski definition) is 1. The van der Waals surface area contributed by atoms with E-state index < -0.39 is 11.8 Å².